The molecule has 26 heavy (non-hydrogen) atoms. The largest absolute Gasteiger partial charge is 0.378 e. The Bertz CT molecular complexity index is 1110. The number of aryl methyl sites for hydroxylation is 1. The summed E-state index contributed by atoms with van der Waals surface area (Å²) in [7, 11) is -4.27. The molecule has 0 aliphatic rings. The van der Waals surface area contributed by atoms with Gasteiger partial charge in [0.15, 0.2) is 11.5 Å². The quantitative estimate of drug-likeness (QED) is 0.498. The Hall–Kier alpha value is -2.80. The number of carbonyl (C=O) groups excluding carboxylic acids is 1. The summed E-state index contributed by atoms with van der Waals surface area (Å²) in [4.78, 5) is 16.1. The number of fused-ring (bicyclic) bond motifs is 1. The number of rotatable bonds is 5. The first-order chi connectivity index (χ1) is 12.3. The molecule has 0 aliphatic carbocycles. The zero-order valence-electron chi connectivity index (χ0n) is 14.2. The molecule has 0 fully saturated rings. The van der Waals surface area contributed by atoms with Crippen LogP contribution in [0.5, 0.6) is 5.75 Å². The van der Waals surface area contributed by atoms with Crippen LogP contribution in [0, 0.1) is 12.7 Å². The molecule has 0 bridgehead atoms. The predicted octanol–water partition coefficient (Wildman–Crippen LogP) is 4.04. The summed E-state index contributed by atoms with van der Waals surface area (Å²) in [6.45, 7) is 3.45. The lowest BCUT2D eigenvalue weighted by Crippen LogP contribution is -2.13. The van der Waals surface area contributed by atoms with E-state index in [1.165, 1.54) is 6.07 Å². The highest BCUT2D eigenvalue weighted by molar-refractivity contribution is 7.87. The number of nitrogens with zero attached hydrogens (tertiary/aromatic N) is 1. The van der Waals surface area contributed by atoms with E-state index in [4.69, 9.17) is 4.18 Å². The van der Waals surface area contributed by atoms with E-state index >= 15 is 0 Å². The average molecular weight is 373 g/mol. The molecule has 0 radical (unpaired) electrons. The number of Topliss-reactive ketones (excluding diaryl/α,β-unsaturated/α-hetero) is 1. The van der Waals surface area contributed by atoms with Gasteiger partial charge in [0, 0.05) is 18.0 Å². The molecule has 3 aromatic rings. The maximum absolute atomic E-state index is 13.5. The molecule has 2 aromatic carbocycles. The van der Waals surface area contributed by atoms with Crippen molar-refractivity contribution < 1.29 is 21.8 Å². The highest BCUT2D eigenvalue weighted by Gasteiger charge is 2.23. The average Bonchev–Trinajstić information content (AvgIpc) is 2.61. The van der Waals surface area contributed by atoms with Crippen molar-refractivity contribution in [3.63, 3.8) is 0 Å². The molecule has 3 rings (SSSR count). The van der Waals surface area contributed by atoms with Gasteiger partial charge in [-0.25, -0.2) is 4.39 Å². The smallest absolute Gasteiger partial charge is 0.341 e. The number of hydrogen-bond donors (Lipinski definition) is 0. The topological polar surface area (TPSA) is 73.3 Å². The molecule has 0 saturated carbocycles. The summed E-state index contributed by atoms with van der Waals surface area (Å²) >= 11 is 0. The monoisotopic (exact) mass is 373 g/mol. The first-order valence-corrected chi connectivity index (χ1v) is 9.35. The van der Waals surface area contributed by atoms with E-state index in [1.807, 2.05) is 13.0 Å². The molecule has 0 saturated heterocycles. The van der Waals surface area contributed by atoms with Crippen molar-refractivity contribution in [1.82, 2.24) is 4.98 Å². The van der Waals surface area contributed by atoms with Crippen LogP contribution < -0.4 is 4.18 Å². The normalized spacial score (nSPS) is 11.5. The zero-order chi connectivity index (χ0) is 18.9. The van der Waals surface area contributed by atoms with Gasteiger partial charge in [0.05, 0.1) is 11.1 Å². The van der Waals surface area contributed by atoms with Crippen molar-refractivity contribution in [2.24, 2.45) is 0 Å². The molecule has 0 amide bonds. The number of carbonyl (C=O) groups is 1. The van der Waals surface area contributed by atoms with Crippen LogP contribution in [0.25, 0.3) is 10.9 Å². The van der Waals surface area contributed by atoms with Crippen molar-refractivity contribution in [2.45, 2.75) is 25.2 Å². The Morgan fingerprint density at radius 1 is 1.19 bits per heavy atom. The van der Waals surface area contributed by atoms with Gasteiger partial charge in [0.25, 0.3) is 0 Å². The van der Waals surface area contributed by atoms with Gasteiger partial charge in [-0.1, -0.05) is 19.1 Å². The Morgan fingerprint density at radius 2 is 1.96 bits per heavy atom. The maximum atomic E-state index is 13.5. The number of pyridine rings is 1. The third-order valence-corrected chi connectivity index (χ3v) is 5.11. The van der Waals surface area contributed by atoms with Gasteiger partial charge >= 0.3 is 10.1 Å². The Kier molecular flexibility index (Phi) is 4.73. The van der Waals surface area contributed by atoms with Crippen molar-refractivity contribution in [1.29, 1.82) is 0 Å². The van der Waals surface area contributed by atoms with E-state index in [1.54, 1.807) is 25.3 Å². The summed E-state index contributed by atoms with van der Waals surface area (Å²) in [6.07, 6.45) is 1.65. The lowest BCUT2D eigenvalue weighted by Gasteiger charge is -2.12. The van der Waals surface area contributed by atoms with E-state index < -0.39 is 21.7 Å². The fraction of sp³-hybridized carbons (Fsp3) is 0.158. The van der Waals surface area contributed by atoms with Gasteiger partial charge < -0.3 is 4.18 Å². The van der Waals surface area contributed by atoms with Crippen molar-refractivity contribution >= 4 is 26.8 Å². The van der Waals surface area contributed by atoms with Gasteiger partial charge in [-0.2, -0.15) is 8.42 Å². The molecule has 0 spiro atoms. The van der Waals surface area contributed by atoms with E-state index in [9.17, 15) is 17.6 Å². The molecular weight excluding hydrogens is 357 g/mol. The fourth-order valence-electron chi connectivity index (χ4n) is 2.59. The summed E-state index contributed by atoms with van der Waals surface area (Å²) in [5.74, 6) is -1.27. The van der Waals surface area contributed by atoms with Crippen LogP contribution in [-0.4, -0.2) is 19.2 Å². The second-order valence-corrected chi connectivity index (χ2v) is 7.31. The Morgan fingerprint density at radius 3 is 2.69 bits per heavy atom. The first-order valence-electron chi connectivity index (χ1n) is 7.94. The van der Waals surface area contributed by atoms with Gasteiger partial charge in [0.1, 0.15) is 10.7 Å². The van der Waals surface area contributed by atoms with Gasteiger partial charge in [0.2, 0.25) is 0 Å². The minimum Gasteiger partial charge on any atom is -0.378 e. The predicted molar refractivity (Wildman–Crippen MR) is 95.3 cm³/mol. The third-order valence-electron chi connectivity index (χ3n) is 3.84. The molecule has 1 heterocycles. The van der Waals surface area contributed by atoms with E-state index in [0.717, 1.165) is 23.8 Å². The van der Waals surface area contributed by atoms with Crippen LogP contribution in [0.15, 0.2) is 53.6 Å². The number of ketones is 1. The van der Waals surface area contributed by atoms with Crippen LogP contribution in [0.4, 0.5) is 4.39 Å². The van der Waals surface area contributed by atoms with Crippen LogP contribution in [0.1, 0.15) is 29.3 Å². The molecule has 0 atom stereocenters. The van der Waals surface area contributed by atoms with Crippen molar-refractivity contribution in [3.05, 3.63) is 65.6 Å². The molecule has 134 valence electrons. The highest BCUT2D eigenvalue weighted by Crippen LogP contribution is 2.28. The molecule has 0 aliphatic heterocycles. The van der Waals surface area contributed by atoms with Crippen LogP contribution in [0.2, 0.25) is 0 Å². The van der Waals surface area contributed by atoms with E-state index in [0.29, 0.717) is 5.39 Å². The molecular formula is C19H16FNO4S. The third kappa shape index (κ3) is 3.43. The summed E-state index contributed by atoms with van der Waals surface area (Å²) < 4.78 is 44.2. The van der Waals surface area contributed by atoms with Crippen LogP contribution in [0.3, 0.4) is 0 Å². The van der Waals surface area contributed by atoms with Gasteiger partial charge in [-0.3, -0.25) is 9.78 Å². The summed E-state index contributed by atoms with van der Waals surface area (Å²) in [5, 5.41) is 0.652. The van der Waals surface area contributed by atoms with Crippen molar-refractivity contribution in [3.8, 4) is 5.75 Å². The maximum Gasteiger partial charge on any atom is 0.341 e. The number of benzene rings is 2. The number of aromatic nitrogens is 1. The first kappa shape index (κ1) is 18.0. The molecule has 0 N–H and O–H groups in total. The minimum absolute atomic E-state index is 0.0922. The van der Waals surface area contributed by atoms with Crippen molar-refractivity contribution in [2.75, 3.05) is 0 Å². The molecule has 7 heteroatoms. The standard InChI is InChI=1S/C19H16FNO4S/c1-3-16(22)15-10-14(20)7-8-17(15)25-26(23,24)18-6-4-5-13-9-12(2)11-21-19(13)18/h4-11H,3H2,1-2H3. The van der Waals surface area contributed by atoms with Crippen LogP contribution >= 0.6 is 0 Å². The number of halogens is 1. The number of hydrogen-bond acceptors (Lipinski definition) is 5. The second-order valence-electron chi connectivity index (χ2n) is 5.80. The zero-order valence-corrected chi connectivity index (χ0v) is 15.0. The molecule has 0 unspecified atom stereocenters. The van der Waals surface area contributed by atoms with Crippen LogP contribution in [-0.2, 0) is 10.1 Å². The lowest BCUT2D eigenvalue weighted by atomic mass is 10.1. The molecule has 5 nitrogen and oxygen atoms in total. The Labute approximate surface area is 150 Å². The lowest BCUT2D eigenvalue weighted by molar-refractivity contribution is 0.0986. The SMILES string of the molecule is CCC(=O)c1cc(F)ccc1OS(=O)(=O)c1cccc2cc(C)cnc12. The summed E-state index contributed by atoms with van der Waals surface area (Å²) in [5.41, 5.74) is 1.05. The van der Waals surface area contributed by atoms with Gasteiger partial charge in [-0.05, 0) is 42.8 Å². The number of para-hydroxylation sites is 1. The Balaban J connectivity index is 2.10. The fourth-order valence-corrected chi connectivity index (χ4v) is 3.71. The van der Waals surface area contributed by atoms with E-state index in [2.05, 4.69) is 4.98 Å². The second kappa shape index (κ2) is 6.84. The molecule has 1 aromatic heterocycles. The van der Waals surface area contributed by atoms with Gasteiger partial charge in [-0.15, -0.1) is 0 Å². The minimum atomic E-state index is -4.27. The van der Waals surface area contributed by atoms with E-state index in [-0.39, 0.29) is 28.1 Å². The summed E-state index contributed by atoms with van der Waals surface area (Å²) in [6, 6.07) is 9.68. The highest BCUT2D eigenvalue weighted by atomic mass is 32.2.